The Balaban J connectivity index is 2.18. The summed E-state index contributed by atoms with van der Waals surface area (Å²) in [5, 5.41) is 2.40. The molecule has 26 heavy (non-hydrogen) atoms. The molecule has 1 N–H and O–H groups in total. The summed E-state index contributed by atoms with van der Waals surface area (Å²) in [6.45, 7) is 6.99. The van der Waals surface area contributed by atoms with E-state index < -0.39 is 29.4 Å². The van der Waals surface area contributed by atoms with Gasteiger partial charge in [-0.1, -0.05) is 18.7 Å². The molecule has 1 fully saturated rings. The molecule has 1 saturated heterocycles. The molecule has 0 bridgehead atoms. The van der Waals surface area contributed by atoms with Gasteiger partial charge in [0.1, 0.15) is 6.10 Å². The van der Waals surface area contributed by atoms with Crippen molar-refractivity contribution in [1.29, 1.82) is 0 Å². The molecule has 142 valence electrons. The van der Waals surface area contributed by atoms with Gasteiger partial charge in [0.25, 0.3) is 0 Å². The molecule has 0 radical (unpaired) electrons. The molecular weight excluding hydrogens is 349 g/mol. The number of morpholine rings is 1. The molecule has 1 aliphatic heterocycles. The summed E-state index contributed by atoms with van der Waals surface area (Å²) in [6, 6.07) is 4.89. The average Bonchev–Trinajstić information content (AvgIpc) is 2.57. The Morgan fingerprint density at radius 1 is 1.42 bits per heavy atom. The second kappa shape index (κ2) is 7.49. The minimum Gasteiger partial charge on any atom is -0.364 e. The van der Waals surface area contributed by atoms with Crippen LogP contribution in [-0.2, 0) is 20.5 Å². The maximum absolute atomic E-state index is 12.9. The summed E-state index contributed by atoms with van der Waals surface area (Å²) < 4.78 is 44.7. The average molecular weight is 370 g/mol. The van der Waals surface area contributed by atoms with Crippen molar-refractivity contribution in [3.8, 4) is 0 Å². The van der Waals surface area contributed by atoms with Crippen molar-refractivity contribution in [3.63, 3.8) is 0 Å². The second-order valence-electron chi connectivity index (χ2n) is 6.69. The van der Waals surface area contributed by atoms with E-state index >= 15 is 0 Å². The Labute approximate surface area is 149 Å². The SMILES string of the molecule is C=CC(=O)NCC(=O)N1CC(c2cccc(C(F)(F)F)c2)OC(C)(C)C1. The molecule has 5 nitrogen and oxygen atoms in total. The molecule has 8 heteroatoms. The van der Waals surface area contributed by atoms with Gasteiger partial charge in [-0.05, 0) is 37.6 Å². The van der Waals surface area contributed by atoms with Gasteiger partial charge in [-0.2, -0.15) is 13.2 Å². The highest BCUT2D eigenvalue weighted by atomic mass is 19.4. The number of rotatable bonds is 4. The van der Waals surface area contributed by atoms with E-state index in [-0.39, 0.29) is 25.5 Å². The maximum atomic E-state index is 12.9. The zero-order valence-electron chi connectivity index (χ0n) is 14.6. The van der Waals surface area contributed by atoms with Crippen molar-refractivity contribution < 1.29 is 27.5 Å². The fourth-order valence-corrected chi connectivity index (χ4v) is 2.81. The molecular formula is C18H21F3N2O3. The molecule has 0 aromatic heterocycles. The first-order valence-electron chi connectivity index (χ1n) is 8.05. The van der Waals surface area contributed by atoms with E-state index in [1.807, 2.05) is 0 Å². The number of amides is 2. The van der Waals surface area contributed by atoms with Crippen LogP contribution in [0.2, 0.25) is 0 Å². The monoisotopic (exact) mass is 370 g/mol. The van der Waals surface area contributed by atoms with Crippen molar-refractivity contribution in [2.24, 2.45) is 0 Å². The fraction of sp³-hybridized carbons (Fsp3) is 0.444. The number of halogens is 3. The quantitative estimate of drug-likeness (QED) is 0.829. The first-order chi connectivity index (χ1) is 12.0. The first kappa shape index (κ1) is 20.0. The van der Waals surface area contributed by atoms with Crippen molar-refractivity contribution in [1.82, 2.24) is 10.2 Å². The van der Waals surface area contributed by atoms with Gasteiger partial charge >= 0.3 is 6.18 Å². The first-order valence-corrected chi connectivity index (χ1v) is 8.05. The van der Waals surface area contributed by atoms with E-state index in [2.05, 4.69) is 11.9 Å². The van der Waals surface area contributed by atoms with Gasteiger partial charge in [-0.3, -0.25) is 9.59 Å². The second-order valence-corrected chi connectivity index (χ2v) is 6.69. The van der Waals surface area contributed by atoms with E-state index in [1.165, 1.54) is 11.0 Å². The molecule has 0 saturated carbocycles. The van der Waals surface area contributed by atoms with Crippen molar-refractivity contribution in [2.45, 2.75) is 31.7 Å². The lowest BCUT2D eigenvalue weighted by Gasteiger charge is -2.43. The van der Waals surface area contributed by atoms with Gasteiger partial charge in [-0.15, -0.1) is 0 Å². The van der Waals surface area contributed by atoms with Crippen LogP contribution in [0.25, 0.3) is 0 Å². The lowest BCUT2D eigenvalue weighted by atomic mass is 9.99. The van der Waals surface area contributed by atoms with Gasteiger partial charge in [-0.25, -0.2) is 0 Å². The number of alkyl halides is 3. The lowest BCUT2D eigenvalue weighted by Crippen LogP contribution is -2.53. The number of nitrogens with one attached hydrogen (secondary N) is 1. The molecule has 1 aromatic rings. The highest BCUT2D eigenvalue weighted by molar-refractivity contribution is 5.90. The van der Waals surface area contributed by atoms with Crippen LogP contribution in [0.15, 0.2) is 36.9 Å². The molecule has 0 aliphatic carbocycles. The van der Waals surface area contributed by atoms with E-state index in [0.29, 0.717) is 5.56 Å². The Morgan fingerprint density at radius 2 is 2.12 bits per heavy atom. The van der Waals surface area contributed by atoms with Crippen LogP contribution in [0.1, 0.15) is 31.1 Å². The number of nitrogens with zero attached hydrogens (tertiary/aromatic N) is 1. The Bertz CT molecular complexity index is 701. The van der Waals surface area contributed by atoms with E-state index in [9.17, 15) is 22.8 Å². The third kappa shape index (κ3) is 5.08. The predicted octanol–water partition coefficient (Wildman–Crippen LogP) is 2.69. The highest BCUT2D eigenvalue weighted by Gasteiger charge is 2.37. The van der Waals surface area contributed by atoms with E-state index in [4.69, 9.17) is 4.74 Å². The third-order valence-corrected chi connectivity index (χ3v) is 3.96. The molecule has 2 rings (SSSR count). The molecule has 1 aliphatic rings. The van der Waals surface area contributed by atoms with E-state index in [0.717, 1.165) is 18.2 Å². The fourth-order valence-electron chi connectivity index (χ4n) is 2.81. The smallest absolute Gasteiger partial charge is 0.364 e. The Hall–Kier alpha value is -2.35. The molecule has 1 aromatic carbocycles. The summed E-state index contributed by atoms with van der Waals surface area (Å²) in [7, 11) is 0. The predicted molar refractivity (Wildman–Crippen MR) is 89.1 cm³/mol. The molecule has 1 unspecified atom stereocenters. The minimum atomic E-state index is -4.45. The van der Waals surface area contributed by atoms with Crippen molar-refractivity contribution >= 4 is 11.8 Å². The van der Waals surface area contributed by atoms with Crippen LogP contribution in [-0.4, -0.2) is 41.9 Å². The largest absolute Gasteiger partial charge is 0.416 e. The zero-order valence-corrected chi connectivity index (χ0v) is 14.6. The summed E-state index contributed by atoms with van der Waals surface area (Å²) in [5.41, 5.74) is -1.16. The maximum Gasteiger partial charge on any atom is 0.416 e. The number of carbonyl (C=O) groups is 2. The third-order valence-electron chi connectivity index (χ3n) is 3.96. The Kier molecular flexibility index (Phi) is 5.75. The van der Waals surface area contributed by atoms with Crippen LogP contribution in [0.5, 0.6) is 0 Å². The molecule has 1 heterocycles. The summed E-state index contributed by atoms with van der Waals surface area (Å²) in [6.07, 6.45) is -4.09. The van der Waals surface area contributed by atoms with E-state index in [1.54, 1.807) is 19.9 Å². The summed E-state index contributed by atoms with van der Waals surface area (Å²) in [5.74, 6) is -0.811. The van der Waals surface area contributed by atoms with Crippen LogP contribution >= 0.6 is 0 Å². The number of hydrogen-bond donors (Lipinski definition) is 1. The lowest BCUT2D eigenvalue weighted by molar-refractivity contribution is -0.162. The van der Waals surface area contributed by atoms with Crippen LogP contribution in [0, 0.1) is 0 Å². The Morgan fingerprint density at radius 3 is 2.73 bits per heavy atom. The molecule has 1 atom stereocenters. The van der Waals surface area contributed by atoms with Gasteiger partial charge < -0.3 is 15.0 Å². The number of hydrogen-bond acceptors (Lipinski definition) is 3. The highest BCUT2D eigenvalue weighted by Crippen LogP contribution is 2.35. The molecule has 2 amide bonds. The van der Waals surface area contributed by atoms with Gasteiger partial charge in [0.2, 0.25) is 11.8 Å². The van der Waals surface area contributed by atoms with Crippen molar-refractivity contribution in [3.05, 3.63) is 48.0 Å². The number of benzene rings is 1. The van der Waals surface area contributed by atoms with Gasteiger partial charge in [0.15, 0.2) is 0 Å². The topological polar surface area (TPSA) is 58.6 Å². The molecule has 0 spiro atoms. The van der Waals surface area contributed by atoms with Crippen LogP contribution in [0.3, 0.4) is 0 Å². The zero-order chi connectivity index (χ0) is 19.5. The number of ether oxygens (including phenoxy) is 1. The summed E-state index contributed by atoms with van der Waals surface area (Å²) >= 11 is 0. The van der Waals surface area contributed by atoms with Crippen LogP contribution < -0.4 is 5.32 Å². The summed E-state index contributed by atoms with van der Waals surface area (Å²) in [4.78, 5) is 25.0. The van der Waals surface area contributed by atoms with Crippen molar-refractivity contribution in [2.75, 3.05) is 19.6 Å². The standard InChI is InChI=1S/C18H21F3N2O3/c1-4-15(24)22-9-16(25)23-10-14(26-17(2,3)11-23)12-6-5-7-13(8-12)18(19,20)21/h4-8,14H,1,9-11H2,2-3H3,(H,22,24). The van der Waals surface area contributed by atoms with Crippen LogP contribution in [0.4, 0.5) is 13.2 Å². The normalized spacial score (nSPS) is 19.7. The van der Waals surface area contributed by atoms with Gasteiger partial charge in [0.05, 0.1) is 24.3 Å². The van der Waals surface area contributed by atoms with Gasteiger partial charge in [0, 0.05) is 6.54 Å². The minimum absolute atomic E-state index is 0.105. The number of carbonyl (C=O) groups excluding carboxylic acids is 2.